The maximum atomic E-state index is 13.3. The summed E-state index contributed by atoms with van der Waals surface area (Å²) in [5.41, 5.74) is 4.28. The van der Waals surface area contributed by atoms with E-state index in [0.29, 0.717) is 18.5 Å². The second kappa shape index (κ2) is 16.0. The molecule has 0 spiro atoms. The molecule has 3 rings (SSSR count). The molecule has 0 bridgehead atoms. The molecule has 47 heavy (non-hydrogen) atoms. The van der Waals surface area contributed by atoms with Gasteiger partial charge in [0.1, 0.15) is 36.3 Å². The van der Waals surface area contributed by atoms with Gasteiger partial charge in [-0.15, -0.1) is 0 Å². The summed E-state index contributed by atoms with van der Waals surface area (Å²) in [4.78, 5) is 28.0. The Morgan fingerprint density at radius 2 is 1.64 bits per heavy atom. The van der Waals surface area contributed by atoms with Crippen molar-refractivity contribution in [2.75, 3.05) is 33.8 Å². The fourth-order valence-corrected chi connectivity index (χ4v) is 5.86. The Labute approximate surface area is 280 Å². The van der Waals surface area contributed by atoms with E-state index in [4.69, 9.17) is 4.74 Å². The average Bonchev–Trinajstić information content (AvgIpc) is 3.00. The zero-order valence-corrected chi connectivity index (χ0v) is 29.6. The molecule has 1 saturated heterocycles. The van der Waals surface area contributed by atoms with Crippen LogP contribution in [0.5, 0.6) is 0 Å². The van der Waals surface area contributed by atoms with E-state index < -0.39 is 48.0 Å². The molecular formula is C38H56N2O7. The monoisotopic (exact) mass is 652 g/mol. The van der Waals surface area contributed by atoms with E-state index in [9.17, 15) is 30.0 Å². The third-order valence-corrected chi connectivity index (χ3v) is 9.20. The van der Waals surface area contributed by atoms with Crippen molar-refractivity contribution in [1.29, 1.82) is 0 Å². The number of aliphatic hydroxyl groups excluding tert-OH is 4. The van der Waals surface area contributed by atoms with E-state index in [1.807, 2.05) is 82.3 Å². The Kier molecular flexibility index (Phi) is 13.1. The third-order valence-electron chi connectivity index (χ3n) is 9.20. The van der Waals surface area contributed by atoms with Crippen molar-refractivity contribution in [3.05, 3.63) is 75.9 Å². The van der Waals surface area contributed by atoms with Crippen LogP contribution in [0.2, 0.25) is 0 Å². The van der Waals surface area contributed by atoms with Gasteiger partial charge in [0.05, 0.1) is 12.0 Å². The molecule has 9 heteroatoms. The molecule has 1 fully saturated rings. The van der Waals surface area contributed by atoms with Crippen molar-refractivity contribution in [2.24, 2.45) is 10.8 Å². The summed E-state index contributed by atoms with van der Waals surface area (Å²) in [6, 6.07) is 12.2. The highest BCUT2D eigenvalue weighted by Crippen LogP contribution is 2.37. The summed E-state index contributed by atoms with van der Waals surface area (Å²) in [7, 11) is 3.89. The molecule has 1 heterocycles. The van der Waals surface area contributed by atoms with Crippen molar-refractivity contribution in [3.63, 3.8) is 0 Å². The summed E-state index contributed by atoms with van der Waals surface area (Å²) >= 11 is 0. The number of carbonyl (C=O) groups excluding carboxylic acids is 2. The molecule has 1 aliphatic rings. The summed E-state index contributed by atoms with van der Waals surface area (Å²) in [6.07, 6.45) is -1.47. The SMILES string of the molecule is Cc1cc(C(C)C)c(Cc2ccc(/C=C/C(C)(C)C(=O)CC(C)(C)C(=O)NCCN(C)C)cc2)cc1[C@@H]1O[C@H](CO)[C@H](O)[C@H](O)[C@@H]1O. The second-order valence-electron chi connectivity index (χ2n) is 14.8. The largest absolute Gasteiger partial charge is 0.394 e. The number of amides is 1. The van der Waals surface area contributed by atoms with Crippen molar-refractivity contribution in [2.45, 2.75) is 97.7 Å². The predicted octanol–water partition coefficient (Wildman–Crippen LogP) is 3.93. The highest BCUT2D eigenvalue weighted by molar-refractivity contribution is 5.93. The van der Waals surface area contributed by atoms with Gasteiger partial charge in [-0.05, 0) is 80.6 Å². The van der Waals surface area contributed by atoms with Crippen LogP contribution in [-0.2, 0) is 20.7 Å². The average molecular weight is 653 g/mol. The fourth-order valence-electron chi connectivity index (χ4n) is 5.86. The van der Waals surface area contributed by atoms with Gasteiger partial charge in [-0.25, -0.2) is 0 Å². The zero-order chi connectivity index (χ0) is 35.3. The van der Waals surface area contributed by atoms with E-state index in [-0.39, 0.29) is 24.0 Å². The van der Waals surface area contributed by atoms with Crippen LogP contribution < -0.4 is 5.32 Å². The molecule has 2 aromatic rings. The van der Waals surface area contributed by atoms with Gasteiger partial charge in [0, 0.05) is 24.9 Å². The lowest BCUT2D eigenvalue weighted by Gasteiger charge is -2.41. The smallest absolute Gasteiger partial charge is 0.226 e. The second-order valence-corrected chi connectivity index (χ2v) is 14.8. The molecule has 0 radical (unpaired) electrons. The molecule has 1 aliphatic heterocycles. The van der Waals surface area contributed by atoms with Gasteiger partial charge >= 0.3 is 0 Å². The van der Waals surface area contributed by atoms with Gasteiger partial charge in [0.2, 0.25) is 5.91 Å². The van der Waals surface area contributed by atoms with E-state index in [2.05, 4.69) is 25.2 Å². The van der Waals surface area contributed by atoms with Crippen molar-refractivity contribution in [1.82, 2.24) is 10.2 Å². The third kappa shape index (κ3) is 9.81. The summed E-state index contributed by atoms with van der Waals surface area (Å²) in [5.74, 6) is 0.107. The first kappa shape index (κ1) is 38.5. The van der Waals surface area contributed by atoms with Crippen LogP contribution >= 0.6 is 0 Å². The number of benzene rings is 2. The summed E-state index contributed by atoms with van der Waals surface area (Å²) in [5, 5.41) is 44.1. The molecule has 5 atom stereocenters. The van der Waals surface area contributed by atoms with Crippen LogP contribution in [0.15, 0.2) is 42.5 Å². The molecule has 2 aromatic carbocycles. The quantitative estimate of drug-likeness (QED) is 0.207. The number of hydrogen-bond acceptors (Lipinski definition) is 8. The number of allylic oxidation sites excluding steroid dienone is 1. The van der Waals surface area contributed by atoms with E-state index >= 15 is 0 Å². The summed E-state index contributed by atoms with van der Waals surface area (Å²) < 4.78 is 5.89. The minimum absolute atomic E-state index is 0.00563. The number of likely N-dealkylation sites (N-methyl/N-ethyl adjacent to an activating group) is 1. The van der Waals surface area contributed by atoms with Gasteiger partial charge in [-0.1, -0.05) is 76.2 Å². The van der Waals surface area contributed by atoms with Crippen LogP contribution in [0, 0.1) is 17.8 Å². The van der Waals surface area contributed by atoms with Crippen LogP contribution in [-0.4, -0.2) is 95.2 Å². The Hall–Kier alpha value is -2.92. The van der Waals surface area contributed by atoms with Gasteiger partial charge in [0.15, 0.2) is 0 Å². The van der Waals surface area contributed by atoms with Gasteiger partial charge in [-0.2, -0.15) is 0 Å². The lowest BCUT2D eigenvalue weighted by Crippen LogP contribution is -2.55. The number of nitrogens with one attached hydrogen (secondary N) is 1. The Bertz CT molecular complexity index is 1400. The lowest BCUT2D eigenvalue weighted by molar-refractivity contribution is -0.231. The van der Waals surface area contributed by atoms with Crippen molar-refractivity contribution in [3.8, 4) is 0 Å². The first-order chi connectivity index (χ1) is 21.9. The number of rotatable bonds is 14. The maximum Gasteiger partial charge on any atom is 0.226 e. The van der Waals surface area contributed by atoms with Gasteiger partial charge in [0.25, 0.3) is 0 Å². The highest BCUT2D eigenvalue weighted by Gasteiger charge is 2.44. The minimum atomic E-state index is -1.44. The van der Waals surface area contributed by atoms with Crippen molar-refractivity contribution < 1.29 is 34.8 Å². The van der Waals surface area contributed by atoms with Crippen LogP contribution in [0.4, 0.5) is 0 Å². The maximum absolute atomic E-state index is 13.3. The molecule has 260 valence electrons. The van der Waals surface area contributed by atoms with Gasteiger partial charge in [-0.3, -0.25) is 9.59 Å². The van der Waals surface area contributed by atoms with E-state index in [0.717, 1.165) is 34.4 Å². The van der Waals surface area contributed by atoms with Crippen LogP contribution in [0.1, 0.15) is 93.4 Å². The molecule has 0 aromatic heterocycles. The number of aliphatic hydroxyl groups is 4. The number of Topliss-reactive ketones (excluding diaryl/α,β-unsaturated/α-hetero) is 1. The van der Waals surface area contributed by atoms with Crippen LogP contribution in [0.25, 0.3) is 6.08 Å². The first-order valence-electron chi connectivity index (χ1n) is 16.6. The molecule has 1 amide bonds. The Morgan fingerprint density at radius 3 is 2.21 bits per heavy atom. The number of carbonyl (C=O) groups is 2. The number of ether oxygens (including phenoxy) is 1. The Balaban J connectivity index is 1.75. The Morgan fingerprint density at radius 1 is 1.00 bits per heavy atom. The highest BCUT2D eigenvalue weighted by atomic mass is 16.5. The molecule has 9 nitrogen and oxygen atoms in total. The van der Waals surface area contributed by atoms with E-state index in [1.54, 1.807) is 13.8 Å². The standard InChI is InChI=1S/C38H56N2O7/c1-23(2)28-18-24(3)29(35-34(45)33(44)32(43)30(22-41)47-35)20-27(28)19-26-12-10-25(11-13-26)14-15-37(4,5)31(42)21-38(6,7)36(46)39-16-17-40(8)9/h10-15,18,20,23,30,32-35,41,43-45H,16-17,19,21-22H2,1-9H3,(H,39,46)/b15-14+/t30-,32+,33+,34+,35+/m1/s1. The molecular weight excluding hydrogens is 596 g/mol. The molecule has 0 unspecified atom stereocenters. The van der Waals surface area contributed by atoms with E-state index in [1.165, 1.54) is 0 Å². The zero-order valence-electron chi connectivity index (χ0n) is 29.6. The molecule has 0 saturated carbocycles. The fraction of sp³-hybridized carbons (Fsp3) is 0.579. The first-order valence-corrected chi connectivity index (χ1v) is 16.6. The molecule has 0 aliphatic carbocycles. The topological polar surface area (TPSA) is 140 Å². The predicted molar refractivity (Wildman–Crippen MR) is 185 cm³/mol. The number of hydrogen-bond donors (Lipinski definition) is 5. The number of aryl methyl sites for hydroxylation is 1. The number of ketones is 1. The summed E-state index contributed by atoms with van der Waals surface area (Å²) in [6.45, 7) is 14.3. The number of nitrogens with zero attached hydrogens (tertiary/aromatic N) is 1. The minimum Gasteiger partial charge on any atom is -0.394 e. The molecule has 5 N–H and O–H groups in total. The van der Waals surface area contributed by atoms with Crippen LogP contribution in [0.3, 0.4) is 0 Å². The van der Waals surface area contributed by atoms with Crippen molar-refractivity contribution >= 4 is 17.8 Å². The normalized spacial score (nSPS) is 22.3. The van der Waals surface area contributed by atoms with Gasteiger partial charge < -0.3 is 35.4 Å². The lowest BCUT2D eigenvalue weighted by atomic mass is 9.77.